The van der Waals surface area contributed by atoms with Gasteiger partial charge in [-0.25, -0.2) is 9.50 Å². The van der Waals surface area contributed by atoms with Crippen LogP contribution in [0.3, 0.4) is 0 Å². The standard InChI is InChI=1S/C23H23N5O2/c1-14-18(15(2)28-22(25-14)19-6-4-5-7-20(19)27-28)12-13-21(29)26-17-10-8-16(9-11-17)23(30)24-3/h4-11H,12-13H2,1-3H3,(H,24,30)(H,26,29). The minimum atomic E-state index is -0.159. The van der Waals surface area contributed by atoms with E-state index in [1.54, 1.807) is 31.3 Å². The largest absolute Gasteiger partial charge is 0.355 e. The third-order valence-electron chi connectivity index (χ3n) is 5.28. The predicted molar refractivity (Wildman–Crippen MR) is 117 cm³/mol. The number of aromatic nitrogens is 3. The highest BCUT2D eigenvalue weighted by Gasteiger charge is 2.15. The molecule has 0 bridgehead atoms. The van der Waals surface area contributed by atoms with Crippen molar-refractivity contribution in [3.63, 3.8) is 0 Å². The number of hydrogen-bond acceptors (Lipinski definition) is 4. The molecule has 2 heterocycles. The van der Waals surface area contributed by atoms with Crippen LogP contribution in [0.4, 0.5) is 5.69 Å². The molecule has 0 saturated carbocycles. The summed E-state index contributed by atoms with van der Waals surface area (Å²) in [5.41, 5.74) is 5.89. The molecule has 0 fully saturated rings. The first kappa shape index (κ1) is 19.6. The van der Waals surface area contributed by atoms with Crippen LogP contribution < -0.4 is 10.6 Å². The monoisotopic (exact) mass is 401 g/mol. The number of nitrogens with one attached hydrogen (secondary N) is 2. The van der Waals surface area contributed by atoms with E-state index < -0.39 is 0 Å². The number of carbonyl (C=O) groups excluding carboxylic acids is 2. The fourth-order valence-electron chi connectivity index (χ4n) is 3.65. The number of nitrogens with zero attached hydrogens (tertiary/aromatic N) is 3. The third-order valence-corrected chi connectivity index (χ3v) is 5.28. The summed E-state index contributed by atoms with van der Waals surface area (Å²) in [6.07, 6.45) is 0.895. The minimum absolute atomic E-state index is 0.0905. The Hall–Kier alpha value is -3.74. The number of hydrogen-bond donors (Lipinski definition) is 2. The second-order valence-electron chi connectivity index (χ2n) is 7.22. The van der Waals surface area contributed by atoms with Crippen molar-refractivity contribution in [2.24, 2.45) is 0 Å². The van der Waals surface area contributed by atoms with Gasteiger partial charge in [0.05, 0.1) is 5.52 Å². The molecule has 2 amide bonds. The van der Waals surface area contributed by atoms with E-state index in [-0.39, 0.29) is 11.8 Å². The quantitative estimate of drug-likeness (QED) is 0.536. The lowest BCUT2D eigenvalue weighted by Crippen LogP contribution is -2.18. The molecule has 30 heavy (non-hydrogen) atoms. The summed E-state index contributed by atoms with van der Waals surface area (Å²) in [5, 5.41) is 11.1. The molecule has 0 aliphatic carbocycles. The zero-order valence-electron chi connectivity index (χ0n) is 17.2. The molecule has 152 valence electrons. The van der Waals surface area contributed by atoms with Crippen molar-refractivity contribution >= 4 is 34.1 Å². The summed E-state index contributed by atoms with van der Waals surface area (Å²) in [7, 11) is 1.58. The number of fused-ring (bicyclic) bond motifs is 3. The maximum atomic E-state index is 12.5. The molecule has 2 N–H and O–H groups in total. The zero-order valence-corrected chi connectivity index (χ0v) is 17.2. The summed E-state index contributed by atoms with van der Waals surface area (Å²) in [6, 6.07) is 14.8. The molecule has 0 aliphatic heterocycles. The fourth-order valence-corrected chi connectivity index (χ4v) is 3.65. The van der Waals surface area contributed by atoms with Crippen LogP contribution in [0.2, 0.25) is 0 Å². The molecule has 2 aromatic carbocycles. The van der Waals surface area contributed by atoms with Gasteiger partial charge in [-0.05, 0) is 62.2 Å². The third kappa shape index (κ3) is 3.61. The molecule has 4 rings (SSSR count). The Bertz CT molecular complexity index is 1260. The topological polar surface area (TPSA) is 88.4 Å². The smallest absolute Gasteiger partial charge is 0.251 e. The highest BCUT2D eigenvalue weighted by atomic mass is 16.2. The Labute approximate surface area is 174 Å². The van der Waals surface area contributed by atoms with Crippen molar-refractivity contribution in [3.05, 3.63) is 71.0 Å². The molecule has 2 aromatic heterocycles. The van der Waals surface area contributed by atoms with Gasteiger partial charge in [0.15, 0.2) is 5.65 Å². The average Bonchev–Trinajstić information content (AvgIpc) is 3.12. The predicted octanol–water partition coefficient (Wildman–Crippen LogP) is 3.43. The highest BCUT2D eigenvalue weighted by molar-refractivity contribution is 5.95. The zero-order chi connectivity index (χ0) is 21.3. The molecule has 4 aromatic rings. The van der Waals surface area contributed by atoms with Crippen LogP contribution in [0.25, 0.3) is 16.6 Å². The van der Waals surface area contributed by atoms with Crippen molar-refractivity contribution in [3.8, 4) is 0 Å². The van der Waals surface area contributed by atoms with Gasteiger partial charge in [0.2, 0.25) is 5.91 Å². The maximum absolute atomic E-state index is 12.5. The van der Waals surface area contributed by atoms with Gasteiger partial charge in [-0.15, -0.1) is 0 Å². The van der Waals surface area contributed by atoms with E-state index in [9.17, 15) is 9.59 Å². The fraction of sp³-hybridized carbons (Fsp3) is 0.217. The number of carbonyl (C=O) groups is 2. The van der Waals surface area contributed by atoms with E-state index in [0.717, 1.165) is 33.5 Å². The Morgan fingerprint density at radius 1 is 1.03 bits per heavy atom. The van der Waals surface area contributed by atoms with Gasteiger partial charge in [0.1, 0.15) is 0 Å². The van der Waals surface area contributed by atoms with Crippen LogP contribution in [-0.4, -0.2) is 33.5 Å². The summed E-state index contributed by atoms with van der Waals surface area (Å²) >= 11 is 0. The lowest BCUT2D eigenvalue weighted by atomic mass is 10.1. The van der Waals surface area contributed by atoms with E-state index in [1.807, 2.05) is 42.6 Å². The molecular weight excluding hydrogens is 378 g/mol. The second kappa shape index (κ2) is 7.94. The van der Waals surface area contributed by atoms with Crippen molar-refractivity contribution < 1.29 is 9.59 Å². The number of benzene rings is 2. The van der Waals surface area contributed by atoms with Crippen LogP contribution >= 0.6 is 0 Å². The summed E-state index contributed by atoms with van der Waals surface area (Å²) in [6.45, 7) is 3.98. The number of aryl methyl sites for hydroxylation is 2. The Morgan fingerprint density at radius 2 is 1.77 bits per heavy atom. The molecule has 0 saturated heterocycles. The lowest BCUT2D eigenvalue weighted by Gasteiger charge is -2.11. The first-order valence-corrected chi connectivity index (χ1v) is 9.83. The Morgan fingerprint density at radius 3 is 2.50 bits per heavy atom. The van der Waals surface area contributed by atoms with Gasteiger partial charge in [-0.1, -0.05) is 12.1 Å². The van der Waals surface area contributed by atoms with Gasteiger partial charge < -0.3 is 10.6 Å². The van der Waals surface area contributed by atoms with Gasteiger partial charge in [0, 0.05) is 41.5 Å². The van der Waals surface area contributed by atoms with Gasteiger partial charge in [0.25, 0.3) is 5.91 Å². The van der Waals surface area contributed by atoms with E-state index in [4.69, 9.17) is 4.98 Å². The number of amides is 2. The maximum Gasteiger partial charge on any atom is 0.251 e. The van der Waals surface area contributed by atoms with Crippen LogP contribution in [0.5, 0.6) is 0 Å². The minimum Gasteiger partial charge on any atom is -0.355 e. The van der Waals surface area contributed by atoms with Crippen LogP contribution in [0, 0.1) is 13.8 Å². The normalized spacial score (nSPS) is 11.0. The van der Waals surface area contributed by atoms with Gasteiger partial charge in [-0.3, -0.25) is 9.59 Å². The van der Waals surface area contributed by atoms with Crippen molar-refractivity contribution in [2.45, 2.75) is 26.7 Å². The van der Waals surface area contributed by atoms with Crippen LogP contribution in [0.1, 0.15) is 33.7 Å². The van der Waals surface area contributed by atoms with E-state index in [1.165, 1.54) is 0 Å². The summed E-state index contributed by atoms with van der Waals surface area (Å²) in [5.74, 6) is -0.250. The molecule has 0 aliphatic rings. The number of anilines is 1. The Balaban J connectivity index is 1.49. The molecule has 7 nitrogen and oxygen atoms in total. The first-order chi connectivity index (χ1) is 14.5. The number of rotatable bonds is 5. The first-order valence-electron chi connectivity index (χ1n) is 9.83. The van der Waals surface area contributed by atoms with Gasteiger partial charge >= 0.3 is 0 Å². The summed E-state index contributed by atoms with van der Waals surface area (Å²) < 4.78 is 1.86. The second-order valence-corrected chi connectivity index (χ2v) is 7.22. The van der Waals surface area contributed by atoms with Crippen molar-refractivity contribution in [1.29, 1.82) is 0 Å². The molecule has 0 atom stereocenters. The average molecular weight is 401 g/mol. The molecule has 0 radical (unpaired) electrons. The van der Waals surface area contributed by atoms with E-state index >= 15 is 0 Å². The van der Waals surface area contributed by atoms with Crippen molar-refractivity contribution in [1.82, 2.24) is 19.9 Å². The molecular formula is C23H23N5O2. The van der Waals surface area contributed by atoms with E-state index in [0.29, 0.717) is 24.1 Å². The van der Waals surface area contributed by atoms with Gasteiger partial charge in [-0.2, -0.15) is 5.10 Å². The van der Waals surface area contributed by atoms with Crippen LogP contribution in [-0.2, 0) is 11.2 Å². The molecule has 7 heteroatoms. The molecule has 0 unspecified atom stereocenters. The van der Waals surface area contributed by atoms with E-state index in [2.05, 4.69) is 15.7 Å². The highest BCUT2D eigenvalue weighted by Crippen LogP contribution is 2.23. The van der Waals surface area contributed by atoms with Crippen LogP contribution in [0.15, 0.2) is 48.5 Å². The summed E-state index contributed by atoms with van der Waals surface area (Å²) in [4.78, 5) is 28.8. The SMILES string of the molecule is CNC(=O)c1ccc(NC(=O)CCc2c(C)nc3c4ccccc4nn3c2C)cc1. The molecule has 0 spiro atoms. The lowest BCUT2D eigenvalue weighted by molar-refractivity contribution is -0.116. The van der Waals surface area contributed by atoms with Crippen molar-refractivity contribution in [2.75, 3.05) is 12.4 Å². The Kier molecular flexibility index (Phi) is 5.18.